The highest BCUT2D eigenvalue weighted by molar-refractivity contribution is 14.1. The van der Waals surface area contributed by atoms with E-state index in [-0.39, 0.29) is 11.3 Å². The summed E-state index contributed by atoms with van der Waals surface area (Å²) < 4.78 is 1.27. The number of para-hydroxylation sites is 1. The number of carbonyl (C=O) groups is 1. The number of hydrogen-bond acceptors (Lipinski definition) is 1. The molecular weight excluding hydrogens is 435 g/mol. The summed E-state index contributed by atoms with van der Waals surface area (Å²) in [6, 6.07) is 15.1. The molecule has 1 aromatic heterocycles. The van der Waals surface area contributed by atoms with Gasteiger partial charge < -0.3 is 9.88 Å². The zero-order valence-electron chi connectivity index (χ0n) is 14.6. The Kier molecular flexibility index (Phi) is 3.85. The molecule has 3 nitrogen and oxygen atoms in total. The van der Waals surface area contributed by atoms with Crippen molar-refractivity contribution < 1.29 is 4.79 Å². The van der Waals surface area contributed by atoms with Crippen LogP contribution in [0.2, 0.25) is 0 Å². The molecule has 0 radical (unpaired) electrons. The van der Waals surface area contributed by atoms with Gasteiger partial charge in [0.2, 0.25) is 0 Å². The second-order valence-electron chi connectivity index (χ2n) is 7.52. The first-order valence-corrected chi connectivity index (χ1v) is 10.4. The molecule has 1 aliphatic heterocycles. The lowest BCUT2D eigenvalue weighted by atomic mass is 9.60. The van der Waals surface area contributed by atoms with E-state index in [9.17, 15) is 4.79 Å². The van der Waals surface area contributed by atoms with Crippen LogP contribution in [-0.4, -0.2) is 28.9 Å². The fourth-order valence-corrected chi connectivity index (χ4v) is 4.79. The fraction of sp³-hybridized carbons (Fsp3) is 0.318. The van der Waals surface area contributed by atoms with Crippen molar-refractivity contribution in [3.05, 3.63) is 68.9 Å². The van der Waals surface area contributed by atoms with Gasteiger partial charge in [-0.15, -0.1) is 0 Å². The number of nitrogens with zero attached hydrogens (tertiary/aromatic N) is 1. The van der Waals surface area contributed by atoms with Crippen LogP contribution in [-0.2, 0) is 5.41 Å². The van der Waals surface area contributed by atoms with Gasteiger partial charge in [0.15, 0.2) is 0 Å². The molecule has 5 rings (SSSR count). The maximum atomic E-state index is 12.8. The summed E-state index contributed by atoms with van der Waals surface area (Å²) in [6.07, 6.45) is 6.86. The van der Waals surface area contributed by atoms with E-state index in [4.69, 9.17) is 0 Å². The van der Waals surface area contributed by atoms with Crippen molar-refractivity contribution in [1.29, 1.82) is 0 Å². The average molecular weight is 456 g/mol. The van der Waals surface area contributed by atoms with E-state index in [1.54, 1.807) is 0 Å². The molecule has 0 unspecified atom stereocenters. The van der Waals surface area contributed by atoms with Crippen LogP contribution in [0.5, 0.6) is 0 Å². The molecule has 1 aliphatic carbocycles. The molecule has 0 bridgehead atoms. The van der Waals surface area contributed by atoms with Gasteiger partial charge in [0.1, 0.15) is 0 Å². The van der Waals surface area contributed by atoms with Crippen molar-refractivity contribution in [2.75, 3.05) is 13.1 Å². The quantitative estimate of drug-likeness (QED) is 0.548. The number of likely N-dealkylation sites (tertiary alicyclic amines) is 1. The van der Waals surface area contributed by atoms with Crippen molar-refractivity contribution in [3.8, 4) is 0 Å². The Bertz CT molecular complexity index is 981. The molecule has 1 N–H and O–H groups in total. The van der Waals surface area contributed by atoms with E-state index in [0.29, 0.717) is 0 Å². The zero-order chi connectivity index (χ0) is 17.7. The Morgan fingerprint density at radius 3 is 2.42 bits per heavy atom. The smallest absolute Gasteiger partial charge is 0.255 e. The highest BCUT2D eigenvalue weighted by atomic mass is 127. The fourth-order valence-electron chi connectivity index (χ4n) is 4.43. The SMILES string of the molecule is O=C(c1cccc2c(C3(c4ccc(I)cc4)CCC3)c[nH]c12)N1CCC1. The minimum absolute atomic E-state index is 0.0843. The predicted octanol–water partition coefficient (Wildman–Crippen LogP) is 5.09. The summed E-state index contributed by atoms with van der Waals surface area (Å²) in [5, 5.41) is 1.20. The zero-order valence-corrected chi connectivity index (χ0v) is 16.8. The van der Waals surface area contributed by atoms with Crippen molar-refractivity contribution in [2.45, 2.75) is 31.1 Å². The predicted molar refractivity (Wildman–Crippen MR) is 113 cm³/mol. The second kappa shape index (κ2) is 6.12. The van der Waals surface area contributed by atoms with Gasteiger partial charge in [0.25, 0.3) is 5.91 Å². The number of fused-ring (bicyclic) bond motifs is 1. The maximum absolute atomic E-state index is 12.8. The first-order valence-electron chi connectivity index (χ1n) is 9.35. The molecule has 2 aliphatic rings. The van der Waals surface area contributed by atoms with E-state index < -0.39 is 0 Å². The third-order valence-electron chi connectivity index (χ3n) is 6.21. The number of hydrogen-bond donors (Lipinski definition) is 1. The largest absolute Gasteiger partial charge is 0.360 e. The van der Waals surface area contributed by atoms with Gasteiger partial charge in [-0.25, -0.2) is 0 Å². The van der Waals surface area contributed by atoms with E-state index in [1.807, 2.05) is 17.0 Å². The average Bonchev–Trinajstić information content (AvgIpc) is 2.98. The van der Waals surface area contributed by atoms with E-state index >= 15 is 0 Å². The number of carbonyl (C=O) groups excluding carboxylic acids is 1. The van der Waals surface area contributed by atoms with E-state index in [1.165, 1.54) is 39.3 Å². The van der Waals surface area contributed by atoms with Gasteiger partial charge in [0.05, 0.1) is 11.1 Å². The summed E-state index contributed by atoms with van der Waals surface area (Å²) >= 11 is 2.36. The molecule has 2 heterocycles. The molecule has 1 amide bonds. The number of rotatable bonds is 3. The summed E-state index contributed by atoms with van der Waals surface area (Å²) in [5.74, 6) is 0.159. The van der Waals surface area contributed by atoms with Gasteiger partial charge in [-0.2, -0.15) is 0 Å². The van der Waals surface area contributed by atoms with Gasteiger partial charge in [-0.05, 0) is 71.2 Å². The number of halogens is 1. The second-order valence-corrected chi connectivity index (χ2v) is 8.76. The normalized spacial score (nSPS) is 18.4. The van der Waals surface area contributed by atoms with Crippen molar-refractivity contribution in [2.24, 2.45) is 0 Å². The van der Waals surface area contributed by atoms with Crippen LogP contribution < -0.4 is 0 Å². The van der Waals surface area contributed by atoms with Crippen LogP contribution in [0, 0.1) is 3.57 Å². The van der Waals surface area contributed by atoms with Crippen LogP contribution >= 0.6 is 22.6 Å². The van der Waals surface area contributed by atoms with Crippen LogP contribution in [0.25, 0.3) is 10.9 Å². The summed E-state index contributed by atoms with van der Waals surface area (Å²) in [7, 11) is 0. The Morgan fingerprint density at radius 1 is 1.04 bits per heavy atom. The molecule has 2 aromatic carbocycles. The van der Waals surface area contributed by atoms with Crippen molar-refractivity contribution in [1.82, 2.24) is 9.88 Å². The van der Waals surface area contributed by atoms with Crippen molar-refractivity contribution in [3.63, 3.8) is 0 Å². The lowest BCUT2D eigenvalue weighted by molar-refractivity contribution is 0.0653. The first-order chi connectivity index (χ1) is 12.7. The van der Waals surface area contributed by atoms with Gasteiger partial charge in [0, 0.05) is 33.7 Å². The molecule has 132 valence electrons. The highest BCUT2D eigenvalue weighted by Gasteiger charge is 2.42. The summed E-state index contributed by atoms with van der Waals surface area (Å²) in [6.45, 7) is 1.77. The standard InChI is InChI=1S/C22H21IN2O/c23-16-8-6-15(7-9-16)22(10-2-11-22)19-14-24-20-17(19)4-1-5-18(20)21(26)25-12-3-13-25/h1,4-9,14,24H,2-3,10-13H2. The number of amides is 1. The third-order valence-corrected chi connectivity index (χ3v) is 6.93. The Morgan fingerprint density at radius 2 is 1.81 bits per heavy atom. The molecule has 1 saturated carbocycles. The van der Waals surface area contributed by atoms with Gasteiger partial charge in [-0.3, -0.25) is 4.79 Å². The third kappa shape index (κ3) is 2.34. The van der Waals surface area contributed by atoms with Crippen molar-refractivity contribution >= 4 is 39.4 Å². The lowest BCUT2D eigenvalue weighted by Crippen LogP contribution is -2.42. The van der Waals surface area contributed by atoms with Crippen LogP contribution in [0.1, 0.15) is 47.2 Å². The number of aromatic amines is 1. The lowest BCUT2D eigenvalue weighted by Gasteiger charge is -2.42. The Labute approximate surface area is 166 Å². The number of aromatic nitrogens is 1. The topological polar surface area (TPSA) is 36.1 Å². The molecule has 4 heteroatoms. The summed E-state index contributed by atoms with van der Waals surface area (Å²) in [5.41, 5.74) is 4.63. The van der Waals surface area contributed by atoms with Crippen LogP contribution in [0.4, 0.5) is 0 Å². The molecular formula is C22H21IN2O. The summed E-state index contributed by atoms with van der Waals surface area (Å²) in [4.78, 5) is 18.2. The monoisotopic (exact) mass is 456 g/mol. The Hall–Kier alpha value is -1.82. The molecule has 26 heavy (non-hydrogen) atoms. The molecule has 3 aromatic rings. The number of H-pyrrole nitrogens is 1. The van der Waals surface area contributed by atoms with Gasteiger partial charge in [-0.1, -0.05) is 30.7 Å². The highest BCUT2D eigenvalue weighted by Crippen LogP contribution is 2.51. The van der Waals surface area contributed by atoms with Crippen LogP contribution in [0.3, 0.4) is 0 Å². The molecule has 1 saturated heterocycles. The minimum Gasteiger partial charge on any atom is -0.360 e. The van der Waals surface area contributed by atoms with Gasteiger partial charge >= 0.3 is 0 Å². The maximum Gasteiger partial charge on any atom is 0.255 e. The molecule has 0 spiro atoms. The molecule has 0 atom stereocenters. The van der Waals surface area contributed by atoms with E-state index in [0.717, 1.165) is 30.6 Å². The number of benzene rings is 2. The first kappa shape index (κ1) is 16.4. The molecule has 2 fully saturated rings. The van der Waals surface area contributed by atoms with Crippen LogP contribution in [0.15, 0.2) is 48.7 Å². The number of nitrogens with one attached hydrogen (secondary N) is 1. The Balaban J connectivity index is 1.63. The minimum atomic E-state index is 0.0843. The van der Waals surface area contributed by atoms with E-state index in [2.05, 4.69) is 64.1 Å².